The van der Waals surface area contributed by atoms with Crippen LogP contribution in [0.2, 0.25) is 0 Å². The Kier molecular flexibility index (Phi) is 6.81. The van der Waals surface area contributed by atoms with Crippen molar-refractivity contribution in [1.82, 2.24) is 10.2 Å². The molecule has 1 aromatic carbocycles. The lowest BCUT2D eigenvalue weighted by Crippen LogP contribution is -2.26. The molecule has 0 aliphatic heterocycles. The number of amides is 1. The number of carbonyl (C=O) groups excluding carboxylic acids is 1. The molecule has 0 aliphatic carbocycles. The van der Waals surface area contributed by atoms with Crippen LogP contribution in [-0.2, 0) is 11.3 Å². The number of phenols is 1. The molecule has 0 unspecified atom stereocenters. The van der Waals surface area contributed by atoms with Crippen LogP contribution < -0.4 is 10.1 Å². The standard InChI is InChI=1S/C14H21BrN2O3/c1-4-20-12-8-10(7-11(15)14(12)19)9-17(3)6-5-13(18)16-2/h7-8,19H,4-6,9H2,1-3H3,(H,16,18). The predicted molar refractivity (Wildman–Crippen MR) is 82.0 cm³/mol. The van der Waals surface area contributed by atoms with Crippen molar-refractivity contribution in [2.24, 2.45) is 0 Å². The number of carbonyl (C=O) groups is 1. The molecule has 0 spiro atoms. The Morgan fingerprint density at radius 2 is 2.20 bits per heavy atom. The maximum atomic E-state index is 11.2. The molecule has 1 aromatic rings. The second kappa shape index (κ2) is 8.11. The van der Waals surface area contributed by atoms with E-state index in [-0.39, 0.29) is 11.7 Å². The smallest absolute Gasteiger partial charge is 0.221 e. The van der Waals surface area contributed by atoms with Gasteiger partial charge in [0.25, 0.3) is 0 Å². The third-order valence-corrected chi connectivity index (χ3v) is 3.44. The highest BCUT2D eigenvalue weighted by Crippen LogP contribution is 2.35. The third kappa shape index (κ3) is 5.02. The van der Waals surface area contributed by atoms with Gasteiger partial charge in [0.1, 0.15) is 0 Å². The van der Waals surface area contributed by atoms with E-state index in [2.05, 4.69) is 21.2 Å². The van der Waals surface area contributed by atoms with Gasteiger partial charge in [-0.1, -0.05) is 0 Å². The van der Waals surface area contributed by atoms with Crippen LogP contribution in [0.4, 0.5) is 0 Å². The van der Waals surface area contributed by atoms with Crippen molar-refractivity contribution in [3.05, 3.63) is 22.2 Å². The first-order valence-electron chi connectivity index (χ1n) is 6.51. The van der Waals surface area contributed by atoms with Crippen molar-refractivity contribution < 1.29 is 14.6 Å². The average molecular weight is 345 g/mol. The molecule has 0 saturated carbocycles. The first kappa shape index (κ1) is 16.8. The van der Waals surface area contributed by atoms with E-state index in [9.17, 15) is 9.90 Å². The summed E-state index contributed by atoms with van der Waals surface area (Å²) in [7, 11) is 3.58. The van der Waals surface area contributed by atoms with E-state index in [1.165, 1.54) is 0 Å². The number of hydrogen-bond donors (Lipinski definition) is 2. The Labute approximate surface area is 128 Å². The molecule has 1 rings (SSSR count). The van der Waals surface area contributed by atoms with Gasteiger partial charge in [0, 0.05) is 26.6 Å². The molecule has 0 atom stereocenters. The number of ether oxygens (including phenoxy) is 1. The number of phenolic OH excluding ortho intramolecular Hbond substituents is 1. The summed E-state index contributed by atoms with van der Waals surface area (Å²) in [5.74, 6) is 0.610. The number of benzene rings is 1. The largest absolute Gasteiger partial charge is 0.503 e. The second-order valence-electron chi connectivity index (χ2n) is 4.52. The Morgan fingerprint density at radius 3 is 2.80 bits per heavy atom. The topological polar surface area (TPSA) is 61.8 Å². The molecule has 0 radical (unpaired) electrons. The highest BCUT2D eigenvalue weighted by Gasteiger charge is 2.11. The number of nitrogens with zero attached hydrogens (tertiary/aromatic N) is 1. The fourth-order valence-electron chi connectivity index (χ4n) is 1.79. The highest BCUT2D eigenvalue weighted by molar-refractivity contribution is 9.10. The lowest BCUT2D eigenvalue weighted by Gasteiger charge is -2.17. The summed E-state index contributed by atoms with van der Waals surface area (Å²) in [6, 6.07) is 3.67. The van der Waals surface area contributed by atoms with Gasteiger partial charge in [0.05, 0.1) is 11.1 Å². The van der Waals surface area contributed by atoms with Crippen LogP contribution in [0.25, 0.3) is 0 Å². The molecule has 0 bridgehead atoms. The number of rotatable bonds is 7. The lowest BCUT2D eigenvalue weighted by atomic mass is 10.2. The van der Waals surface area contributed by atoms with E-state index < -0.39 is 0 Å². The van der Waals surface area contributed by atoms with Gasteiger partial charge in [-0.3, -0.25) is 4.79 Å². The number of hydrogen-bond acceptors (Lipinski definition) is 4. The summed E-state index contributed by atoms with van der Waals surface area (Å²) >= 11 is 3.32. The summed E-state index contributed by atoms with van der Waals surface area (Å²) in [5, 5.41) is 12.5. The van der Waals surface area contributed by atoms with Gasteiger partial charge in [-0.2, -0.15) is 0 Å². The van der Waals surface area contributed by atoms with Crippen LogP contribution in [0, 0.1) is 0 Å². The van der Waals surface area contributed by atoms with Crippen LogP contribution in [0.15, 0.2) is 16.6 Å². The van der Waals surface area contributed by atoms with Crippen molar-refractivity contribution in [2.45, 2.75) is 19.9 Å². The molecule has 0 aliphatic rings. The Balaban J connectivity index is 2.69. The van der Waals surface area contributed by atoms with Crippen molar-refractivity contribution >= 4 is 21.8 Å². The molecule has 20 heavy (non-hydrogen) atoms. The summed E-state index contributed by atoms with van der Waals surface area (Å²) < 4.78 is 6.00. The fraction of sp³-hybridized carbons (Fsp3) is 0.500. The monoisotopic (exact) mass is 344 g/mol. The summed E-state index contributed by atoms with van der Waals surface area (Å²) in [6.07, 6.45) is 0.463. The van der Waals surface area contributed by atoms with E-state index in [0.29, 0.717) is 36.3 Å². The van der Waals surface area contributed by atoms with Crippen LogP contribution in [0.3, 0.4) is 0 Å². The normalized spacial score (nSPS) is 10.7. The molecule has 0 heterocycles. The van der Waals surface area contributed by atoms with Crippen molar-refractivity contribution in [3.8, 4) is 11.5 Å². The van der Waals surface area contributed by atoms with Crippen LogP contribution in [0.1, 0.15) is 18.9 Å². The van der Waals surface area contributed by atoms with Crippen LogP contribution in [-0.4, -0.2) is 43.2 Å². The van der Waals surface area contributed by atoms with Gasteiger partial charge in [0.15, 0.2) is 11.5 Å². The van der Waals surface area contributed by atoms with Gasteiger partial charge in [-0.15, -0.1) is 0 Å². The predicted octanol–water partition coefficient (Wildman–Crippen LogP) is 2.12. The minimum absolute atomic E-state index is 0.0266. The fourth-order valence-corrected chi connectivity index (χ4v) is 2.28. The van der Waals surface area contributed by atoms with E-state index >= 15 is 0 Å². The Hall–Kier alpha value is -1.27. The number of nitrogens with one attached hydrogen (secondary N) is 1. The first-order chi connectivity index (χ1) is 9.47. The van der Waals surface area contributed by atoms with Crippen molar-refractivity contribution in [2.75, 3.05) is 27.2 Å². The molecular weight excluding hydrogens is 324 g/mol. The highest BCUT2D eigenvalue weighted by atomic mass is 79.9. The zero-order chi connectivity index (χ0) is 15.1. The number of aromatic hydroxyl groups is 1. The molecule has 0 aromatic heterocycles. The van der Waals surface area contributed by atoms with E-state index in [4.69, 9.17) is 4.74 Å². The third-order valence-electron chi connectivity index (χ3n) is 2.84. The zero-order valence-electron chi connectivity index (χ0n) is 12.1. The minimum atomic E-state index is 0.0266. The van der Waals surface area contributed by atoms with Crippen molar-refractivity contribution in [1.29, 1.82) is 0 Å². The number of halogens is 1. The van der Waals surface area contributed by atoms with E-state index in [1.54, 1.807) is 7.05 Å². The Bertz CT molecular complexity index is 466. The SMILES string of the molecule is CCOc1cc(CN(C)CCC(=O)NC)cc(Br)c1O. The molecule has 112 valence electrons. The first-order valence-corrected chi connectivity index (χ1v) is 7.30. The maximum Gasteiger partial charge on any atom is 0.221 e. The van der Waals surface area contributed by atoms with Gasteiger partial charge < -0.3 is 20.1 Å². The van der Waals surface area contributed by atoms with Crippen molar-refractivity contribution in [3.63, 3.8) is 0 Å². The molecular formula is C14H21BrN2O3. The Morgan fingerprint density at radius 1 is 1.50 bits per heavy atom. The van der Waals surface area contributed by atoms with Gasteiger partial charge in [0.2, 0.25) is 5.91 Å². The quantitative estimate of drug-likeness (QED) is 0.795. The van der Waals surface area contributed by atoms with Gasteiger partial charge in [-0.05, 0) is 47.6 Å². The molecule has 5 nitrogen and oxygen atoms in total. The summed E-state index contributed by atoms with van der Waals surface area (Å²) in [6.45, 7) is 3.71. The maximum absolute atomic E-state index is 11.2. The van der Waals surface area contributed by atoms with E-state index in [1.807, 2.05) is 31.0 Å². The van der Waals surface area contributed by atoms with Gasteiger partial charge >= 0.3 is 0 Å². The average Bonchev–Trinajstić information content (AvgIpc) is 2.41. The zero-order valence-corrected chi connectivity index (χ0v) is 13.7. The minimum Gasteiger partial charge on any atom is -0.503 e. The molecule has 0 fully saturated rings. The van der Waals surface area contributed by atoms with E-state index in [0.717, 1.165) is 5.56 Å². The molecule has 1 amide bonds. The summed E-state index contributed by atoms with van der Waals surface area (Å²) in [4.78, 5) is 13.3. The van der Waals surface area contributed by atoms with Crippen LogP contribution >= 0.6 is 15.9 Å². The summed E-state index contributed by atoms with van der Waals surface area (Å²) in [5.41, 5.74) is 1.01. The molecule has 0 saturated heterocycles. The van der Waals surface area contributed by atoms with Gasteiger partial charge in [-0.25, -0.2) is 0 Å². The lowest BCUT2D eigenvalue weighted by molar-refractivity contribution is -0.120. The molecule has 2 N–H and O–H groups in total. The second-order valence-corrected chi connectivity index (χ2v) is 5.37. The molecule has 6 heteroatoms. The van der Waals surface area contributed by atoms with Crippen LogP contribution in [0.5, 0.6) is 11.5 Å².